The Morgan fingerprint density at radius 1 is 1.04 bits per heavy atom. The second kappa shape index (κ2) is 8.07. The van der Waals surface area contributed by atoms with Gasteiger partial charge in [0, 0.05) is 26.2 Å². The Morgan fingerprint density at radius 2 is 1.77 bits per heavy atom. The third-order valence-electron chi connectivity index (χ3n) is 6.27. The van der Waals surface area contributed by atoms with Crippen molar-refractivity contribution in [2.45, 2.75) is 50.7 Å². The van der Waals surface area contributed by atoms with Gasteiger partial charge in [-0.3, -0.25) is 14.6 Å². The number of ether oxygens (including phenoxy) is 1. The first-order valence-electron chi connectivity index (χ1n) is 10.2. The van der Waals surface area contributed by atoms with Gasteiger partial charge in [0.25, 0.3) is 0 Å². The highest BCUT2D eigenvalue weighted by molar-refractivity contribution is 5.87. The first kappa shape index (κ1) is 18.0. The average Bonchev–Trinajstić information content (AvgIpc) is 3.13. The first-order valence-corrected chi connectivity index (χ1v) is 10.2. The summed E-state index contributed by atoms with van der Waals surface area (Å²) >= 11 is 0. The molecule has 2 aliphatic heterocycles. The topological polar surface area (TPSA) is 44.8 Å². The molecule has 0 radical (unpaired) electrons. The monoisotopic (exact) mass is 357 g/mol. The summed E-state index contributed by atoms with van der Waals surface area (Å²) in [6.07, 6.45) is 5.75. The Hall–Kier alpha value is -1.43. The predicted octanol–water partition coefficient (Wildman–Crippen LogP) is 2.15. The molecule has 1 saturated carbocycles. The maximum absolute atomic E-state index is 13.0. The van der Waals surface area contributed by atoms with Crippen LogP contribution in [0.1, 0.15) is 43.2 Å². The minimum Gasteiger partial charge on any atom is -0.379 e. The van der Waals surface area contributed by atoms with E-state index < -0.39 is 0 Å². The second-order valence-corrected chi connectivity index (χ2v) is 7.97. The highest BCUT2D eigenvalue weighted by Gasteiger charge is 2.48. The van der Waals surface area contributed by atoms with Crippen LogP contribution in [0.2, 0.25) is 0 Å². The largest absolute Gasteiger partial charge is 0.379 e. The summed E-state index contributed by atoms with van der Waals surface area (Å²) in [6, 6.07) is 8.69. The Bertz CT molecular complexity index is 617. The van der Waals surface area contributed by atoms with E-state index >= 15 is 0 Å². The fourth-order valence-corrected chi connectivity index (χ4v) is 4.57. The summed E-state index contributed by atoms with van der Waals surface area (Å²) in [6.45, 7) is 7.31. The fourth-order valence-electron chi connectivity index (χ4n) is 4.57. The van der Waals surface area contributed by atoms with Crippen molar-refractivity contribution in [3.05, 3.63) is 35.4 Å². The first-order chi connectivity index (χ1) is 12.8. The zero-order valence-electron chi connectivity index (χ0n) is 15.7. The van der Waals surface area contributed by atoms with Crippen molar-refractivity contribution in [1.29, 1.82) is 0 Å². The molecule has 3 fully saturated rings. The molecule has 1 aliphatic carbocycles. The van der Waals surface area contributed by atoms with Crippen molar-refractivity contribution in [2.75, 3.05) is 39.4 Å². The van der Waals surface area contributed by atoms with E-state index in [0.717, 1.165) is 52.1 Å². The molecule has 0 bridgehead atoms. The van der Waals surface area contributed by atoms with Crippen LogP contribution in [0.3, 0.4) is 0 Å². The number of hydrogen-bond donors (Lipinski definition) is 1. The molecule has 5 heteroatoms. The number of nitrogens with zero attached hydrogens (tertiary/aromatic N) is 2. The molecule has 0 unspecified atom stereocenters. The highest BCUT2D eigenvalue weighted by Crippen LogP contribution is 2.38. The van der Waals surface area contributed by atoms with Crippen LogP contribution in [0.4, 0.5) is 0 Å². The Kier molecular flexibility index (Phi) is 5.57. The van der Waals surface area contributed by atoms with E-state index in [4.69, 9.17) is 4.74 Å². The molecule has 1 N–H and O–H groups in total. The molecule has 3 aliphatic rings. The van der Waals surface area contributed by atoms with Gasteiger partial charge in [-0.1, -0.05) is 24.3 Å². The number of hydrogen-bond acceptors (Lipinski definition) is 4. The lowest BCUT2D eigenvalue weighted by atomic mass is 9.74. The van der Waals surface area contributed by atoms with Crippen molar-refractivity contribution >= 4 is 5.91 Å². The third-order valence-corrected chi connectivity index (χ3v) is 6.27. The van der Waals surface area contributed by atoms with E-state index in [1.54, 1.807) is 0 Å². The van der Waals surface area contributed by atoms with E-state index in [0.29, 0.717) is 6.54 Å². The molecule has 4 rings (SSSR count). The standard InChI is InChI=1S/C21H31N3O2/c25-20(21(7-4-8-21)24-11-13-26-14-12-24)22-16-18-5-3-6-19(15-18)17-23-9-1-2-10-23/h3,5-6,15H,1-2,4,7-14,16-17H2,(H,22,25). The van der Waals surface area contributed by atoms with E-state index in [1.807, 2.05) is 0 Å². The van der Waals surface area contributed by atoms with Gasteiger partial charge < -0.3 is 10.1 Å². The minimum atomic E-state index is -0.281. The van der Waals surface area contributed by atoms with Gasteiger partial charge in [-0.05, 0) is 56.3 Å². The lowest BCUT2D eigenvalue weighted by Crippen LogP contribution is -2.64. The molecule has 0 atom stereocenters. The van der Waals surface area contributed by atoms with E-state index in [2.05, 4.69) is 39.4 Å². The van der Waals surface area contributed by atoms with Crippen LogP contribution in [0, 0.1) is 0 Å². The molecular weight excluding hydrogens is 326 g/mol. The maximum Gasteiger partial charge on any atom is 0.240 e. The molecule has 142 valence electrons. The van der Waals surface area contributed by atoms with E-state index in [-0.39, 0.29) is 11.4 Å². The molecule has 0 spiro atoms. The number of likely N-dealkylation sites (tertiary alicyclic amines) is 1. The predicted molar refractivity (Wildman–Crippen MR) is 102 cm³/mol. The minimum absolute atomic E-state index is 0.204. The molecule has 0 aromatic heterocycles. The second-order valence-electron chi connectivity index (χ2n) is 7.97. The van der Waals surface area contributed by atoms with Crippen LogP contribution in [0.25, 0.3) is 0 Å². The molecule has 26 heavy (non-hydrogen) atoms. The average molecular weight is 357 g/mol. The van der Waals surface area contributed by atoms with E-state index in [9.17, 15) is 4.79 Å². The Balaban J connectivity index is 1.34. The van der Waals surface area contributed by atoms with Crippen molar-refractivity contribution < 1.29 is 9.53 Å². The van der Waals surface area contributed by atoms with Gasteiger partial charge in [0.15, 0.2) is 0 Å². The van der Waals surface area contributed by atoms with Gasteiger partial charge >= 0.3 is 0 Å². The van der Waals surface area contributed by atoms with Crippen molar-refractivity contribution in [1.82, 2.24) is 15.1 Å². The van der Waals surface area contributed by atoms with Gasteiger partial charge in [-0.25, -0.2) is 0 Å². The summed E-state index contributed by atoms with van der Waals surface area (Å²) in [5.41, 5.74) is 2.27. The SMILES string of the molecule is O=C(NCc1cccc(CN2CCCC2)c1)C1(N2CCOCC2)CCC1. The number of rotatable bonds is 6. The number of carbonyl (C=O) groups is 1. The number of nitrogens with one attached hydrogen (secondary N) is 1. The molecular formula is C21H31N3O2. The molecule has 2 heterocycles. The number of amides is 1. The van der Waals surface area contributed by atoms with Crippen LogP contribution in [0.15, 0.2) is 24.3 Å². The summed E-state index contributed by atoms with van der Waals surface area (Å²) in [5.74, 6) is 0.204. The lowest BCUT2D eigenvalue weighted by molar-refractivity contribution is -0.144. The summed E-state index contributed by atoms with van der Waals surface area (Å²) in [4.78, 5) is 17.8. The normalized spacial score (nSPS) is 23.5. The summed E-state index contributed by atoms with van der Waals surface area (Å²) < 4.78 is 5.46. The quantitative estimate of drug-likeness (QED) is 0.847. The van der Waals surface area contributed by atoms with Crippen LogP contribution < -0.4 is 5.32 Å². The number of carbonyl (C=O) groups excluding carboxylic acids is 1. The molecule has 1 aromatic rings. The molecule has 1 aromatic carbocycles. The van der Waals surface area contributed by atoms with Crippen LogP contribution in [0.5, 0.6) is 0 Å². The fraction of sp³-hybridized carbons (Fsp3) is 0.667. The maximum atomic E-state index is 13.0. The highest BCUT2D eigenvalue weighted by atomic mass is 16.5. The summed E-state index contributed by atoms with van der Waals surface area (Å²) in [7, 11) is 0. The Morgan fingerprint density at radius 3 is 2.46 bits per heavy atom. The third kappa shape index (κ3) is 3.80. The lowest BCUT2D eigenvalue weighted by Gasteiger charge is -2.50. The molecule has 5 nitrogen and oxygen atoms in total. The molecule has 2 saturated heterocycles. The molecule has 1 amide bonds. The zero-order valence-corrected chi connectivity index (χ0v) is 15.7. The van der Waals surface area contributed by atoms with Crippen LogP contribution in [-0.2, 0) is 22.6 Å². The number of morpholine rings is 1. The van der Waals surface area contributed by atoms with Gasteiger partial charge in [0.05, 0.1) is 13.2 Å². The van der Waals surface area contributed by atoms with Crippen molar-refractivity contribution in [2.24, 2.45) is 0 Å². The van der Waals surface area contributed by atoms with E-state index in [1.165, 1.54) is 37.1 Å². The van der Waals surface area contributed by atoms with Crippen LogP contribution >= 0.6 is 0 Å². The van der Waals surface area contributed by atoms with Gasteiger partial charge in [-0.2, -0.15) is 0 Å². The van der Waals surface area contributed by atoms with Gasteiger partial charge in [-0.15, -0.1) is 0 Å². The van der Waals surface area contributed by atoms with Gasteiger partial charge in [0.1, 0.15) is 5.54 Å². The van der Waals surface area contributed by atoms with Gasteiger partial charge in [0.2, 0.25) is 5.91 Å². The smallest absolute Gasteiger partial charge is 0.240 e. The zero-order chi connectivity index (χ0) is 17.8. The summed E-state index contributed by atoms with van der Waals surface area (Å²) in [5, 5.41) is 3.22. The Labute approximate surface area is 156 Å². The van der Waals surface area contributed by atoms with Crippen molar-refractivity contribution in [3.63, 3.8) is 0 Å². The van der Waals surface area contributed by atoms with Crippen LogP contribution in [-0.4, -0.2) is 60.6 Å². The van der Waals surface area contributed by atoms with Crippen molar-refractivity contribution in [3.8, 4) is 0 Å². The number of benzene rings is 1.